The molecule has 0 fully saturated rings. The van der Waals surface area contributed by atoms with E-state index in [-0.39, 0.29) is 12.5 Å². The molecule has 0 saturated carbocycles. The van der Waals surface area contributed by atoms with Crippen molar-refractivity contribution >= 4 is 27.5 Å². The molecule has 0 aliphatic carbocycles. The Kier molecular flexibility index (Phi) is 4.85. The van der Waals surface area contributed by atoms with Crippen LogP contribution in [0.25, 0.3) is 10.2 Å². The molecule has 0 radical (unpaired) electrons. The smallest absolute Gasteiger partial charge is 0.292 e. The van der Waals surface area contributed by atoms with Gasteiger partial charge in [0.15, 0.2) is 16.3 Å². The molecular weight excluding hydrogens is 364 g/mol. The first-order valence-corrected chi connectivity index (χ1v) is 9.65. The Labute approximate surface area is 160 Å². The molecule has 0 N–H and O–H groups in total. The number of para-hydroxylation sites is 2. The number of hydrogen-bond acceptors (Lipinski definition) is 5. The minimum absolute atomic E-state index is 0.159. The van der Waals surface area contributed by atoms with E-state index in [1.807, 2.05) is 36.4 Å². The van der Waals surface area contributed by atoms with Gasteiger partial charge in [-0.05, 0) is 30.7 Å². The van der Waals surface area contributed by atoms with Gasteiger partial charge >= 0.3 is 0 Å². The van der Waals surface area contributed by atoms with Crippen LogP contribution in [0.15, 0.2) is 47.5 Å². The van der Waals surface area contributed by atoms with E-state index in [2.05, 4.69) is 16.5 Å². The highest BCUT2D eigenvalue weighted by Gasteiger charge is 2.27. The second-order valence-electron chi connectivity index (χ2n) is 6.18. The minimum Gasteiger partial charge on any atom is -0.497 e. The van der Waals surface area contributed by atoms with E-state index in [0.717, 1.165) is 28.9 Å². The quantitative estimate of drug-likeness (QED) is 0.692. The van der Waals surface area contributed by atoms with Gasteiger partial charge in [0, 0.05) is 12.6 Å². The fraction of sp³-hybridized carbons (Fsp3) is 0.300. The number of nitrogens with zero attached hydrogens (tertiary/aromatic N) is 2. The summed E-state index contributed by atoms with van der Waals surface area (Å²) < 4.78 is 19.9. The number of thiazole rings is 1. The molecule has 27 heavy (non-hydrogen) atoms. The second kappa shape index (κ2) is 7.44. The van der Waals surface area contributed by atoms with Crippen LogP contribution in [0.1, 0.15) is 13.3 Å². The van der Waals surface area contributed by atoms with E-state index < -0.39 is 6.10 Å². The molecule has 140 valence electrons. The van der Waals surface area contributed by atoms with Crippen molar-refractivity contribution in [1.29, 1.82) is 0 Å². The molecule has 1 unspecified atom stereocenters. The van der Waals surface area contributed by atoms with Crippen LogP contribution in [0.4, 0.5) is 0 Å². The third-order valence-corrected chi connectivity index (χ3v) is 5.39. The van der Waals surface area contributed by atoms with Crippen LogP contribution >= 0.6 is 11.3 Å². The number of benzene rings is 2. The Hall–Kier alpha value is -2.80. The lowest BCUT2D eigenvalue weighted by atomic mass is 10.2. The first-order chi connectivity index (χ1) is 13.2. The summed E-state index contributed by atoms with van der Waals surface area (Å²) in [7, 11) is 1.64. The van der Waals surface area contributed by atoms with Crippen LogP contribution in [0.5, 0.6) is 17.2 Å². The molecule has 0 bridgehead atoms. The van der Waals surface area contributed by atoms with E-state index in [4.69, 9.17) is 14.2 Å². The van der Waals surface area contributed by atoms with Crippen molar-refractivity contribution in [2.45, 2.75) is 26.0 Å². The van der Waals surface area contributed by atoms with Gasteiger partial charge in [0.1, 0.15) is 12.4 Å². The van der Waals surface area contributed by atoms with Gasteiger partial charge in [-0.3, -0.25) is 4.79 Å². The highest BCUT2D eigenvalue weighted by Crippen LogP contribution is 2.31. The molecule has 1 aromatic heterocycles. The van der Waals surface area contributed by atoms with Crippen molar-refractivity contribution in [3.8, 4) is 17.2 Å². The van der Waals surface area contributed by atoms with Crippen molar-refractivity contribution < 1.29 is 19.0 Å². The van der Waals surface area contributed by atoms with Gasteiger partial charge < -0.3 is 18.8 Å². The molecule has 1 aliphatic rings. The third kappa shape index (κ3) is 3.42. The molecule has 0 saturated heterocycles. The molecule has 1 amide bonds. The van der Waals surface area contributed by atoms with Gasteiger partial charge in [0.05, 0.1) is 17.3 Å². The zero-order valence-corrected chi connectivity index (χ0v) is 16.0. The van der Waals surface area contributed by atoms with Crippen molar-refractivity contribution in [1.82, 2.24) is 4.57 Å². The first-order valence-electron chi connectivity index (χ1n) is 8.84. The molecule has 0 spiro atoms. The van der Waals surface area contributed by atoms with Crippen molar-refractivity contribution in [2.75, 3.05) is 13.7 Å². The third-order valence-electron chi connectivity index (χ3n) is 4.33. The summed E-state index contributed by atoms with van der Waals surface area (Å²) in [4.78, 5) is 17.8. The average molecular weight is 384 g/mol. The summed E-state index contributed by atoms with van der Waals surface area (Å²) >= 11 is 1.48. The van der Waals surface area contributed by atoms with Gasteiger partial charge in [0.25, 0.3) is 5.91 Å². The molecule has 4 rings (SSSR count). The standard InChI is InChI=1S/C20H20N2O4S/c1-3-10-22-14-11-13(24-2)8-9-18(14)27-20(22)21-19(23)17-12-25-15-6-4-5-7-16(15)26-17/h4-9,11,17H,3,10,12H2,1-2H3. The van der Waals surface area contributed by atoms with Crippen LogP contribution in [0.2, 0.25) is 0 Å². The van der Waals surface area contributed by atoms with E-state index in [1.165, 1.54) is 11.3 Å². The average Bonchev–Trinajstić information content (AvgIpc) is 3.04. The number of fused-ring (bicyclic) bond motifs is 2. The van der Waals surface area contributed by atoms with E-state index in [9.17, 15) is 4.79 Å². The first kappa shape index (κ1) is 17.6. The number of rotatable bonds is 4. The van der Waals surface area contributed by atoms with Crippen molar-refractivity contribution in [3.63, 3.8) is 0 Å². The molecule has 1 atom stereocenters. The monoisotopic (exact) mass is 384 g/mol. The van der Waals surface area contributed by atoms with Gasteiger partial charge in [-0.1, -0.05) is 30.4 Å². The highest BCUT2D eigenvalue weighted by molar-refractivity contribution is 7.16. The van der Waals surface area contributed by atoms with Gasteiger partial charge in [-0.15, -0.1) is 0 Å². The number of ether oxygens (including phenoxy) is 3. The van der Waals surface area contributed by atoms with Crippen molar-refractivity contribution in [2.24, 2.45) is 4.99 Å². The summed E-state index contributed by atoms with van der Waals surface area (Å²) in [5, 5.41) is 0. The molecule has 2 aromatic carbocycles. The summed E-state index contributed by atoms with van der Waals surface area (Å²) in [6.07, 6.45) is 0.190. The Morgan fingerprint density at radius 1 is 1.30 bits per heavy atom. The molecular formula is C20H20N2O4S. The lowest BCUT2D eigenvalue weighted by Gasteiger charge is -2.23. The Morgan fingerprint density at radius 2 is 2.11 bits per heavy atom. The summed E-state index contributed by atoms with van der Waals surface area (Å²) in [5.41, 5.74) is 1.01. The maximum absolute atomic E-state index is 12.7. The Bertz CT molecular complexity index is 1050. The van der Waals surface area contributed by atoms with Crippen LogP contribution in [0.3, 0.4) is 0 Å². The lowest BCUT2D eigenvalue weighted by molar-refractivity contribution is -0.127. The maximum atomic E-state index is 12.7. The van der Waals surface area contributed by atoms with E-state index >= 15 is 0 Å². The molecule has 3 aromatic rings. The number of hydrogen-bond donors (Lipinski definition) is 0. The van der Waals surface area contributed by atoms with E-state index in [1.54, 1.807) is 13.2 Å². The normalized spacial score (nSPS) is 16.5. The van der Waals surface area contributed by atoms with Crippen LogP contribution in [0, 0.1) is 0 Å². The van der Waals surface area contributed by atoms with E-state index in [0.29, 0.717) is 16.3 Å². The summed E-state index contributed by atoms with van der Waals surface area (Å²) in [6, 6.07) is 13.2. The zero-order chi connectivity index (χ0) is 18.8. The molecule has 2 heterocycles. The van der Waals surface area contributed by atoms with Crippen LogP contribution < -0.4 is 19.0 Å². The fourth-order valence-corrected chi connectivity index (χ4v) is 4.05. The number of carbonyl (C=O) groups excluding carboxylic acids is 1. The highest BCUT2D eigenvalue weighted by atomic mass is 32.1. The number of carbonyl (C=O) groups is 1. The Morgan fingerprint density at radius 3 is 2.89 bits per heavy atom. The van der Waals surface area contributed by atoms with Crippen molar-refractivity contribution in [3.05, 3.63) is 47.3 Å². The van der Waals surface area contributed by atoms with Crippen LogP contribution in [-0.4, -0.2) is 30.3 Å². The molecule has 1 aliphatic heterocycles. The van der Waals surface area contributed by atoms with Crippen LogP contribution in [-0.2, 0) is 11.3 Å². The fourth-order valence-electron chi connectivity index (χ4n) is 3.01. The predicted octanol–water partition coefficient (Wildman–Crippen LogP) is 3.39. The summed E-state index contributed by atoms with van der Waals surface area (Å²) in [6.45, 7) is 3.02. The minimum atomic E-state index is -0.741. The molecule has 7 heteroatoms. The lowest BCUT2D eigenvalue weighted by Crippen LogP contribution is -2.36. The summed E-state index contributed by atoms with van der Waals surface area (Å²) in [5.74, 6) is 1.66. The number of aromatic nitrogens is 1. The predicted molar refractivity (Wildman–Crippen MR) is 104 cm³/mol. The SMILES string of the molecule is CCCn1c(=NC(=O)C2COc3ccccc3O2)sc2ccc(OC)cc21. The molecule has 6 nitrogen and oxygen atoms in total. The topological polar surface area (TPSA) is 62.1 Å². The maximum Gasteiger partial charge on any atom is 0.292 e. The second-order valence-corrected chi connectivity index (χ2v) is 7.19. The van der Waals surface area contributed by atoms with Gasteiger partial charge in [0.2, 0.25) is 6.10 Å². The zero-order valence-electron chi connectivity index (χ0n) is 15.2. The number of methoxy groups -OCH3 is 1. The Balaban J connectivity index is 1.70. The number of amides is 1. The number of aryl methyl sites for hydroxylation is 1. The van der Waals surface area contributed by atoms with Gasteiger partial charge in [-0.25, -0.2) is 0 Å². The largest absolute Gasteiger partial charge is 0.497 e. The van der Waals surface area contributed by atoms with Gasteiger partial charge in [-0.2, -0.15) is 4.99 Å².